The van der Waals surface area contributed by atoms with E-state index in [0.717, 1.165) is 12.4 Å². The van der Waals surface area contributed by atoms with Gasteiger partial charge in [-0.05, 0) is 36.5 Å². The second-order valence-electron chi connectivity index (χ2n) is 6.50. The molecule has 1 fully saturated rings. The minimum absolute atomic E-state index is 0.126. The Labute approximate surface area is 110 Å². The van der Waals surface area contributed by atoms with Gasteiger partial charge in [-0.2, -0.15) is 0 Å². The molecule has 0 saturated heterocycles. The van der Waals surface area contributed by atoms with E-state index in [4.69, 9.17) is 10.5 Å². The minimum Gasteiger partial charge on any atom is -0.492 e. The van der Waals surface area contributed by atoms with Crippen molar-refractivity contribution >= 4 is 0 Å². The van der Waals surface area contributed by atoms with Crippen molar-refractivity contribution in [2.45, 2.75) is 51.0 Å². The molecule has 1 aromatic carbocycles. The molecule has 18 heavy (non-hydrogen) atoms. The highest BCUT2D eigenvalue weighted by atomic mass is 16.5. The number of fused-ring (bicyclic) bond motifs is 1. The van der Waals surface area contributed by atoms with E-state index < -0.39 is 0 Å². The minimum atomic E-state index is 0.126. The zero-order valence-corrected chi connectivity index (χ0v) is 11.4. The van der Waals surface area contributed by atoms with Gasteiger partial charge in [0, 0.05) is 17.0 Å². The Balaban J connectivity index is 1.90. The average molecular weight is 245 g/mol. The number of rotatable bonds is 2. The van der Waals surface area contributed by atoms with Crippen molar-refractivity contribution in [3.63, 3.8) is 0 Å². The predicted octanol–water partition coefficient (Wildman–Crippen LogP) is 3.55. The first-order valence-electron chi connectivity index (χ1n) is 7.11. The van der Waals surface area contributed by atoms with E-state index >= 15 is 0 Å². The molecule has 1 aromatic rings. The molecule has 1 aliphatic carbocycles. The molecule has 1 heterocycles. The maximum atomic E-state index is 6.44. The van der Waals surface area contributed by atoms with Crippen molar-refractivity contribution in [1.82, 2.24) is 0 Å². The quantitative estimate of drug-likeness (QED) is 0.865. The summed E-state index contributed by atoms with van der Waals surface area (Å²) in [7, 11) is 0. The Bertz CT molecular complexity index is 446. The lowest BCUT2D eigenvalue weighted by Gasteiger charge is -2.21. The average Bonchev–Trinajstić information content (AvgIpc) is 2.97. The lowest BCUT2D eigenvalue weighted by Crippen LogP contribution is -2.21. The van der Waals surface area contributed by atoms with Crippen LogP contribution in [0.1, 0.15) is 56.7 Å². The fraction of sp³-hybridized carbons (Fsp3) is 0.625. The lowest BCUT2D eigenvalue weighted by atomic mass is 9.84. The zero-order valence-electron chi connectivity index (χ0n) is 11.4. The van der Waals surface area contributed by atoms with Gasteiger partial charge in [0.1, 0.15) is 5.75 Å². The van der Waals surface area contributed by atoms with Gasteiger partial charge in [0.15, 0.2) is 0 Å². The van der Waals surface area contributed by atoms with E-state index in [1.165, 1.54) is 36.8 Å². The van der Waals surface area contributed by atoms with Gasteiger partial charge in [0.25, 0.3) is 0 Å². The van der Waals surface area contributed by atoms with Gasteiger partial charge in [0.05, 0.1) is 6.61 Å². The molecule has 1 aliphatic heterocycles. The Kier molecular flexibility index (Phi) is 2.86. The van der Waals surface area contributed by atoms with E-state index in [-0.39, 0.29) is 11.5 Å². The van der Waals surface area contributed by atoms with Crippen molar-refractivity contribution in [3.05, 3.63) is 29.3 Å². The molecule has 2 aliphatic rings. The summed E-state index contributed by atoms with van der Waals surface area (Å²) in [6, 6.07) is 6.75. The highest BCUT2D eigenvalue weighted by Gasteiger charge is 2.33. The van der Waals surface area contributed by atoms with Crippen LogP contribution in [0.4, 0.5) is 0 Å². The van der Waals surface area contributed by atoms with E-state index in [1.54, 1.807) is 0 Å². The molecule has 2 N–H and O–H groups in total. The monoisotopic (exact) mass is 245 g/mol. The third-order valence-electron chi connectivity index (χ3n) is 4.61. The van der Waals surface area contributed by atoms with Crippen LogP contribution in [0.2, 0.25) is 0 Å². The smallest absolute Gasteiger partial charge is 0.123 e. The standard InChI is InChI=1S/C16H23NO/c1-16(2)10-18-14-8-7-12(9-13(14)16)15(17)11-5-3-4-6-11/h7-9,11,15H,3-6,10,17H2,1-2H3. The largest absolute Gasteiger partial charge is 0.492 e. The van der Waals surface area contributed by atoms with Gasteiger partial charge in [0.2, 0.25) is 0 Å². The van der Waals surface area contributed by atoms with Crippen molar-refractivity contribution in [2.24, 2.45) is 11.7 Å². The van der Waals surface area contributed by atoms with Crippen LogP contribution in [0.5, 0.6) is 5.75 Å². The Morgan fingerprint density at radius 3 is 2.72 bits per heavy atom. The molecule has 0 radical (unpaired) electrons. The summed E-state index contributed by atoms with van der Waals surface area (Å²) in [5.41, 5.74) is 9.19. The van der Waals surface area contributed by atoms with Gasteiger partial charge in [-0.25, -0.2) is 0 Å². The van der Waals surface area contributed by atoms with Crippen molar-refractivity contribution in [2.75, 3.05) is 6.61 Å². The van der Waals surface area contributed by atoms with Crippen molar-refractivity contribution in [3.8, 4) is 5.75 Å². The van der Waals surface area contributed by atoms with Crippen LogP contribution in [0, 0.1) is 5.92 Å². The summed E-state index contributed by atoms with van der Waals surface area (Å²) < 4.78 is 5.73. The highest BCUT2D eigenvalue weighted by Crippen LogP contribution is 2.41. The molecule has 1 atom stereocenters. The normalized spacial score (nSPS) is 23.7. The second kappa shape index (κ2) is 4.27. The number of nitrogens with two attached hydrogens (primary N) is 1. The van der Waals surface area contributed by atoms with E-state index in [2.05, 4.69) is 32.0 Å². The van der Waals surface area contributed by atoms with Gasteiger partial charge >= 0.3 is 0 Å². The van der Waals surface area contributed by atoms with Crippen LogP contribution in [0.15, 0.2) is 18.2 Å². The highest BCUT2D eigenvalue weighted by molar-refractivity contribution is 5.46. The molecule has 0 spiro atoms. The summed E-state index contributed by atoms with van der Waals surface area (Å²) >= 11 is 0. The van der Waals surface area contributed by atoms with Gasteiger partial charge in [-0.3, -0.25) is 0 Å². The molecule has 0 amide bonds. The van der Waals surface area contributed by atoms with E-state index in [0.29, 0.717) is 5.92 Å². The fourth-order valence-electron chi connectivity index (χ4n) is 3.33. The number of ether oxygens (including phenoxy) is 1. The second-order valence-corrected chi connectivity index (χ2v) is 6.50. The zero-order chi connectivity index (χ0) is 12.8. The molecule has 1 unspecified atom stereocenters. The molecule has 2 heteroatoms. The number of benzene rings is 1. The summed E-state index contributed by atoms with van der Waals surface area (Å²) in [6.45, 7) is 5.26. The topological polar surface area (TPSA) is 35.2 Å². The summed E-state index contributed by atoms with van der Waals surface area (Å²) in [6.07, 6.45) is 5.27. The lowest BCUT2D eigenvalue weighted by molar-refractivity contribution is 0.291. The third-order valence-corrected chi connectivity index (χ3v) is 4.61. The van der Waals surface area contributed by atoms with Crippen LogP contribution < -0.4 is 10.5 Å². The summed E-state index contributed by atoms with van der Waals surface area (Å²) in [4.78, 5) is 0. The molecule has 3 rings (SSSR count). The van der Waals surface area contributed by atoms with Gasteiger partial charge < -0.3 is 10.5 Å². The Hall–Kier alpha value is -1.02. The first-order valence-corrected chi connectivity index (χ1v) is 7.11. The molecule has 0 aromatic heterocycles. The van der Waals surface area contributed by atoms with Gasteiger partial charge in [-0.15, -0.1) is 0 Å². The molecular weight excluding hydrogens is 222 g/mol. The van der Waals surface area contributed by atoms with Crippen LogP contribution in [0.25, 0.3) is 0 Å². The van der Waals surface area contributed by atoms with Gasteiger partial charge in [-0.1, -0.05) is 32.8 Å². The van der Waals surface area contributed by atoms with Crippen LogP contribution in [-0.2, 0) is 5.41 Å². The van der Waals surface area contributed by atoms with Crippen molar-refractivity contribution in [1.29, 1.82) is 0 Å². The fourth-order valence-corrected chi connectivity index (χ4v) is 3.33. The molecule has 0 bridgehead atoms. The predicted molar refractivity (Wildman–Crippen MR) is 73.8 cm³/mol. The number of hydrogen-bond donors (Lipinski definition) is 1. The Morgan fingerprint density at radius 2 is 2.00 bits per heavy atom. The molecule has 2 nitrogen and oxygen atoms in total. The molecule has 1 saturated carbocycles. The van der Waals surface area contributed by atoms with E-state index in [1.807, 2.05) is 0 Å². The van der Waals surface area contributed by atoms with Crippen LogP contribution in [0.3, 0.4) is 0 Å². The molecule has 98 valence electrons. The maximum Gasteiger partial charge on any atom is 0.123 e. The number of hydrogen-bond acceptors (Lipinski definition) is 2. The third kappa shape index (κ3) is 1.93. The van der Waals surface area contributed by atoms with Crippen LogP contribution in [-0.4, -0.2) is 6.61 Å². The summed E-state index contributed by atoms with van der Waals surface area (Å²) in [5, 5.41) is 0. The van der Waals surface area contributed by atoms with E-state index in [9.17, 15) is 0 Å². The SMILES string of the molecule is CC1(C)COc2ccc(C(N)C3CCCC3)cc21. The maximum absolute atomic E-state index is 6.44. The molecular formula is C16H23NO. The Morgan fingerprint density at radius 1 is 1.28 bits per heavy atom. The first kappa shape index (κ1) is 12.0. The van der Waals surface area contributed by atoms with Crippen LogP contribution >= 0.6 is 0 Å². The van der Waals surface area contributed by atoms with Crippen molar-refractivity contribution < 1.29 is 4.74 Å². The first-order chi connectivity index (χ1) is 8.58. The summed E-state index contributed by atoms with van der Waals surface area (Å²) in [5.74, 6) is 1.72.